The van der Waals surface area contributed by atoms with Crippen LogP contribution in [-0.2, 0) is 23.3 Å². The summed E-state index contributed by atoms with van der Waals surface area (Å²) in [4.78, 5) is 1.99. The maximum absolute atomic E-state index is 4.83. The molecule has 1 radical (unpaired) electrons. The molecular formula is C6H13NOV. The van der Waals surface area contributed by atoms with Crippen molar-refractivity contribution in [1.82, 2.24) is 4.90 Å². The van der Waals surface area contributed by atoms with Crippen LogP contribution in [0.25, 0.3) is 0 Å². The fraction of sp³-hybridized carbons (Fsp3) is 0.667. The van der Waals surface area contributed by atoms with Crippen molar-refractivity contribution in [3.05, 3.63) is 13.8 Å². The summed E-state index contributed by atoms with van der Waals surface area (Å²) in [6.45, 7) is 9.52. The SMILES string of the molecule is [CH2-]CN(C[CH2-])COC.[V+2]. The van der Waals surface area contributed by atoms with Crippen molar-refractivity contribution in [1.29, 1.82) is 0 Å². The van der Waals surface area contributed by atoms with E-state index in [1.54, 1.807) is 7.11 Å². The zero-order valence-electron chi connectivity index (χ0n) is 5.84. The predicted octanol–water partition coefficient (Wildman–Crippen LogP) is 0.558. The van der Waals surface area contributed by atoms with Crippen LogP contribution in [0, 0.1) is 13.8 Å². The van der Waals surface area contributed by atoms with Gasteiger partial charge in [-0.15, -0.1) is 13.1 Å². The fourth-order valence-electron chi connectivity index (χ4n) is 0.423. The Morgan fingerprint density at radius 2 is 1.78 bits per heavy atom. The Kier molecular flexibility index (Phi) is 11.5. The Labute approximate surface area is 69.4 Å². The van der Waals surface area contributed by atoms with Crippen molar-refractivity contribution in [3.8, 4) is 0 Å². The summed E-state index contributed by atoms with van der Waals surface area (Å²) in [6.07, 6.45) is 0. The van der Waals surface area contributed by atoms with E-state index in [1.165, 1.54) is 0 Å². The molecule has 0 spiro atoms. The van der Waals surface area contributed by atoms with Gasteiger partial charge in [0.05, 0.1) is 6.73 Å². The van der Waals surface area contributed by atoms with Gasteiger partial charge in [-0.2, -0.15) is 0 Å². The number of hydrogen-bond donors (Lipinski definition) is 0. The molecule has 0 fully saturated rings. The Bertz CT molecular complexity index is 48.3. The van der Waals surface area contributed by atoms with Gasteiger partial charge in [0, 0.05) is 7.11 Å². The normalized spacial score (nSPS) is 9.33. The van der Waals surface area contributed by atoms with Crippen molar-refractivity contribution >= 4 is 0 Å². The molecule has 0 unspecified atom stereocenters. The van der Waals surface area contributed by atoms with Crippen molar-refractivity contribution in [3.63, 3.8) is 0 Å². The van der Waals surface area contributed by atoms with Gasteiger partial charge < -0.3 is 23.5 Å². The summed E-state index contributed by atoms with van der Waals surface area (Å²) in [5, 5.41) is 0. The first-order chi connectivity index (χ1) is 3.85. The fourth-order valence-corrected chi connectivity index (χ4v) is 0.423. The third-order valence-electron chi connectivity index (χ3n) is 0.944. The van der Waals surface area contributed by atoms with Gasteiger partial charge in [-0.05, 0) is 0 Å². The first-order valence-corrected chi connectivity index (χ1v) is 2.65. The van der Waals surface area contributed by atoms with E-state index in [4.69, 9.17) is 4.74 Å². The van der Waals surface area contributed by atoms with Gasteiger partial charge in [-0.3, -0.25) is 0 Å². The number of rotatable bonds is 4. The predicted molar refractivity (Wildman–Crippen MR) is 34.2 cm³/mol. The number of nitrogens with zero attached hydrogens (tertiary/aromatic N) is 1. The first-order valence-electron chi connectivity index (χ1n) is 2.65. The molecule has 0 N–H and O–H groups in total. The minimum absolute atomic E-state index is 0. The number of ether oxygens (including phenoxy) is 1. The van der Waals surface area contributed by atoms with E-state index >= 15 is 0 Å². The van der Waals surface area contributed by atoms with E-state index < -0.39 is 0 Å². The van der Waals surface area contributed by atoms with Crippen molar-refractivity contribution in [2.24, 2.45) is 0 Å². The standard InChI is InChI=1S/C6H13NO.V/c1-4-7(5-2)6-8-3;/h1-2,4-6H2,3H3;/q-2;+2. The zero-order valence-corrected chi connectivity index (χ0v) is 7.23. The van der Waals surface area contributed by atoms with Crippen molar-refractivity contribution in [2.45, 2.75) is 0 Å². The van der Waals surface area contributed by atoms with E-state index in [2.05, 4.69) is 13.8 Å². The Balaban J connectivity index is 0. The second-order valence-corrected chi connectivity index (χ2v) is 1.54. The molecule has 53 valence electrons. The molecule has 2 nitrogen and oxygen atoms in total. The van der Waals surface area contributed by atoms with E-state index in [-0.39, 0.29) is 18.6 Å². The van der Waals surface area contributed by atoms with Crippen molar-refractivity contribution < 1.29 is 23.3 Å². The average Bonchev–Trinajstić information content (AvgIpc) is 1.83. The molecule has 0 aromatic rings. The van der Waals surface area contributed by atoms with Crippen LogP contribution in [-0.4, -0.2) is 31.8 Å². The molecule has 0 saturated heterocycles. The largest absolute Gasteiger partial charge is 2.00 e. The van der Waals surface area contributed by atoms with E-state index in [9.17, 15) is 0 Å². The topological polar surface area (TPSA) is 12.5 Å². The van der Waals surface area contributed by atoms with Gasteiger partial charge in [-0.25, -0.2) is 0 Å². The second kappa shape index (κ2) is 8.50. The molecule has 0 aliphatic rings. The van der Waals surface area contributed by atoms with Gasteiger partial charge in [0.1, 0.15) is 0 Å². The van der Waals surface area contributed by atoms with E-state index in [0.29, 0.717) is 6.73 Å². The molecular weight excluding hydrogens is 153 g/mol. The average molecular weight is 166 g/mol. The van der Waals surface area contributed by atoms with Gasteiger partial charge in [0.2, 0.25) is 0 Å². The Hall–Kier alpha value is 0.504. The quantitative estimate of drug-likeness (QED) is 0.447. The molecule has 0 aliphatic carbocycles. The van der Waals surface area contributed by atoms with Crippen LogP contribution in [0.4, 0.5) is 0 Å². The number of methoxy groups -OCH3 is 1. The minimum Gasteiger partial charge on any atom is -0.370 e. The molecule has 9 heavy (non-hydrogen) atoms. The maximum Gasteiger partial charge on any atom is 2.00 e. The summed E-state index contributed by atoms with van der Waals surface area (Å²) in [5.74, 6) is 0. The first kappa shape index (κ1) is 12.2. The van der Waals surface area contributed by atoms with Gasteiger partial charge in [0.15, 0.2) is 0 Å². The molecule has 0 amide bonds. The third-order valence-corrected chi connectivity index (χ3v) is 0.944. The second-order valence-electron chi connectivity index (χ2n) is 1.54. The summed E-state index contributed by atoms with van der Waals surface area (Å²) in [5.41, 5.74) is 0. The molecule has 0 aliphatic heterocycles. The van der Waals surface area contributed by atoms with Crippen LogP contribution in [0.5, 0.6) is 0 Å². The molecule has 0 rings (SSSR count). The van der Waals surface area contributed by atoms with Gasteiger partial charge in [-0.1, -0.05) is 0 Å². The summed E-state index contributed by atoms with van der Waals surface area (Å²) in [6, 6.07) is 0. The maximum atomic E-state index is 4.83. The van der Waals surface area contributed by atoms with Crippen LogP contribution in [0.3, 0.4) is 0 Å². The van der Waals surface area contributed by atoms with Gasteiger partial charge in [0.25, 0.3) is 0 Å². The summed E-state index contributed by atoms with van der Waals surface area (Å²) < 4.78 is 4.83. The molecule has 0 bridgehead atoms. The third kappa shape index (κ3) is 6.39. The van der Waals surface area contributed by atoms with Crippen LogP contribution in [0.15, 0.2) is 0 Å². The smallest absolute Gasteiger partial charge is 0.370 e. The molecule has 0 heterocycles. The minimum atomic E-state index is 0. The summed E-state index contributed by atoms with van der Waals surface area (Å²) in [7, 11) is 1.66. The van der Waals surface area contributed by atoms with Crippen LogP contribution < -0.4 is 0 Å². The van der Waals surface area contributed by atoms with Crippen LogP contribution in [0.1, 0.15) is 0 Å². The molecule has 3 heteroatoms. The van der Waals surface area contributed by atoms with E-state index in [0.717, 1.165) is 13.1 Å². The molecule has 0 aromatic heterocycles. The molecule has 0 saturated carbocycles. The van der Waals surface area contributed by atoms with Crippen LogP contribution >= 0.6 is 0 Å². The summed E-state index contributed by atoms with van der Waals surface area (Å²) >= 11 is 0. The van der Waals surface area contributed by atoms with E-state index in [1.807, 2.05) is 4.90 Å². The zero-order chi connectivity index (χ0) is 6.41. The monoisotopic (exact) mass is 166 g/mol. The van der Waals surface area contributed by atoms with Crippen molar-refractivity contribution in [2.75, 3.05) is 26.9 Å². The molecule has 0 aromatic carbocycles. The molecule has 0 atom stereocenters. The number of hydrogen-bond acceptors (Lipinski definition) is 2. The Morgan fingerprint density at radius 1 is 1.33 bits per heavy atom. The Morgan fingerprint density at radius 3 is 1.89 bits per heavy atom. The van der Waals surface area contributed by atoms with Gasteiger partial charge >= 0.3 is 18.6 Å². The van der Waals surface area contributed by atoms with Crippen LogP contribution in [0.2, 0.25) is 0 Å².